The first-order valence-electron chi connectivity index (χ1n) is 13.6. The van der Waals surface area contributed by atoms with E-state index < -0.39 is 0 Å². The molecule has 0 bridgehead atoms. The fourth-order valence-electron chi connectivity index (χ4n) is 5.48. The molecule has 7 aromatic rings. The maximum absolute atomic E-state index is 2.55. The number of rotatable bonds is 10. The minimum absolute atomic E-state index is 0.460. The van der Waals surface area contributed by atoms with Gasteiger partial charge in [-0.2, -0.15) is 0 Å². The van der Waals surface area contributed by atoms with E-state index in [1.165, 1.54) is 98.1 Å². The molecule has 0 fully saturated rings. The van der Waals surface area contributed by atoms with E-state index in [4.69, 9.17) is 0 Å². The zero-order valence-electron chi connectivity index (χ0n) is 21.1. The Morgan fingerprint density at radius 3 is 1.97 bits per heavy atom. The van der Waals surface area contributed by atoms with Gasteiger partial charge >= 0.3 is 247 Å². The van der Waals surface area contributed by atoms with E-state index in [9.17, 15) is 0 Å². The van der Waals surface area contributed by atoms with Gasteiger partial charge in [0.2, 0.25) is 0 Å². The number of aryl methyl sites for hydroxylation is 1. The van der Waals surface area contributed by atoms with Crippen LogP contribution in [0.4, 0.5) is 0 Å². The van der Waals surface area contributed by atoms with Gasteiger partial charge in [-0.3, -0.25) is 0 Å². The van der Waals surface area contributed by atoms with Gasteiger partial charge in [0.15, 0.2) is 0 Å². The molecule has 0 nitrogen and oxygen atoms in total. The second kappa shape index (κ2) is 11.0. The van der Waals surface area contributed by atoms with Crippen molar-refractivity contribution < 1.29 is 0 Å². The van der Waals surface area contributed by atoms with Crippen molar-refractivity contribution in [2.24, 2.45) is 0 Å². The molecule has 0 radical (unpaired) electrons. The summed E-state index contributed by atoms with van der Waals surface area (Å²) in [6.45, 7) is 2.30. The monoisotopic (exact) mass is 718 g/mol. The van der Waals surface area contributed by atoms with Crippen LogP contribution >= 0.6 is 22.7 Å². The Morgan fingerprint density at radius 2 is 1.30 bits per heavy atom. The van der Waals surface area contributed by atoms with Crippen molar-refractivity contribution in [1.29, 1.82) is 0 Å². The normalized spacial score (nSPS) is 12.4. The van der Waals surface area contributed by atoms with E-state index in [1.54, 1.807) is 21.8 Å². The molecular weight excluding hydrogens is 685 g/mol. The van der Waals surface area contributed by atoms with Gasteiger partial charge in [-0.1, -0.05) is 0 Å². The summed E-state index contributed by atoms with van der Waals surface area (Å²) < 4.78 is 14.1. The molecule has 0 aliphatic rings. The second-order valence-electron chi connectivity index (χ2n) is 10.2. The topological polar surface area (TPSA) is 0 Å². The van der Waals surface area contributed by atoms with Gasteiger partial charge in [-0.15, -0.1) is 0 Å². The number of benzene rings is 2. The third-order valence-corrected chi connectivity index (χ3v) is 17.3. The van der Waals surface area contributed by atoms with Crippen molar-refractivity contribution in [1.82, 2.24) is 0 Å². The Morgan fingerprint density at radius 1 is 0.649 bits per heavy atom. The van der Waals surface area contributed by atoms with Gasteiger partial charge in [-0.25, -0.2) is 0 Å². The molecule has 0 unspecified atom stereocenters. The third kappa shape index (κ3) is 4.97. The van der Waals surface area contributed by atoms with E-state index in [2.05, 4.69) is 60.4 Å². The maximum atomic E-state index is 2.55. The summed E-state index contributed by atoms with van der Waals surface area (Å²) in [4.78, 5) is 2.34. The summed E-state index contributed by atoms with van der Waals surface area (Å²) >= 11 is 5.59. The molecule has 0 saturated heterocycles. The Kier molecular flexibility index (Phi) is 7.44. The van der Waals surface area contributed by atoms with Crippen LogP contribution in [0.5, 0.6) is 0 Å². The molecule has 37 heavy (non-hydrogen) atoms. The Balaban J connectivity index is 1.14. The van der Waals surface area contributed by atoms with Gasteiger partial charge in [-0.05, 0) is 0 Å². The SMILES string of the molecule is CCCCCCCCCCc1cc2cc3c(cc2[se]1)sc1c2cc4cc(-c5ccc[se]5)[se]c4cc2sc31. The predicted molar refractivity (Wildman–Crippen MR) is 172 cm³/mol. The Bertz CT molecular complexity index is 1820. The first-order chi connectivity index (χ1) is 18.3. The summed E-state index contributed by atoms with van der Waals surface area (Å²) in [5.41, 5.74) is 0. The molecule has 5 heterocycles. The molecule has 188 valence electrons. The third-order valence-electron chi connectivity index (χ3n) is 7.45. The predicted octanol–water partition coefficient (Wildman–Crippen LogP) is 10.1. The summed E-state index contributed by atoms with van der Waals surface area (Å²) in [5.74, 6) is 0. The van der Waals surface area contributed by atoms with Gasteiger partial charge < -0.3 is 0 Å². The standard InChI is InChI=1S/C32H30S2Se3/c1-2-3-4-5-6-7-8-9-11-22-14-20-15-23-25(18-28(20)36-22)33-32-24-16-21-17-30(27-12-10-13-35-27)37-29(21)19-26(24)34-31(23)32/h10,12-19H,2-9,11H2,1H3. The van der Waals surface area contributed by atoms with Crippen LogP contribution in [0.1, 0.15) is 62.7 Å². The molecule has 0 amide bonds. The zero-order valence-corrected chi connectivity index (χ0v) is 27.9. The zero-order chi connectivity index (χ0) is 24.8. The number of thiophene rings is 2. The molecular formula is C32H30S2Se3. The van der Waals surface area contributed by atoms with E-state index in [0.29, 0.717) is 43.5 Å². The fourth-order valence-corrected chi connectivity index (χ4v) is 15.3. The Labute approximate surface area is 244 Å². The first kappa shape index (κ1) is 25.1. The van der Waals surface area contributed by atoms with Gasteiger partial charge in [0, 0.05) is 0 Å². The Hall–Kier alpha value is -0.862. The number of hydrogen-bond acceptors (Lipinski definition) is 2. The number of hydrogen-bond donors (Lipinski definition) is 0. The molecule has 0 atom stereocenters. The van der Waals surface area contributed by atoms with Crippen molar-refractivity contribution in [3.05, 3.63) is 57.9 Å². The van der Waals surface area contributed by atoms with Gasteiger partial charge in [0.05, 0.1) is 0 Å². The average molecular weight is 716 g/mol. The van der Waals surface area contributed by atoms with Crippen molar-refractivity contribution in [3.63, 3.8) is 0 Å². The van der Waals surface area contributed by atoms with Crippen LogP contribution in [-0.2, 0) is 6.42 Å². The van der Waals surface area contributed by atoms with Crippen LogP contribution in [0.2, 0.25) is 0 Å². The van der Waals surface area contributed by atoms with Crippen molar-refractivity contribution in [2.75, 3.05) is 0 Å². The van der Waals surface area contributed by atoms with Crippen LogP contribution in [-0.4, -0.2) is 43.5 Å². The molecule has 0 aliphatic carbocycles. The first-order valence-corrected chi connectivity index (χ1v) is 20.5. The molecule has 5 heteroatoms. The van der Waals surface area contributed by atoms with Crippen LogP contribution < -0.4 is 0 Å². The van der Waals surface area contributed by atoms with E-state index >= 15 is 0 Å². The van der Waals surface area contributed by atoms with Crippen molar-refractivity contribution in [2.45, 2.75) is 64.7 Å². The summed E-state index contributed by atoms with van der Waals surface area (Å²) in [7, 11) is 0. The van der Waals surface area contributed by atoms with Crippen LogP contribution in [0.25, 0.3) is 57.7 Å². The van der Waals surface area contributed by atoms with Crippen LogP contribution in [0, 0.1) is 0 Å². The molecule has 0 spiro atoms. The second-order valence-corrected chi connectivity index (χ2v) is 19.0. The summed E-state index contributed by atoms with van der Waals surface area (Å²) in [6.07, 6.45) is 12.6. The quantitative estimate of drug-likeness (QED) is 0.0978. The number of fused-ring (bicyclic) bond motifs is 7. The van der Waals surface area contributed by atoms with Crippen molar-refractivity contribution in [3.8, 4) is 8.87 Å². The molecule has 0 aliphatic heterocycles. The van der Waals surface area contributed by atoms with Crippen LogP contribution in [0.3, 0.4) is 0 Å². The summed E-state index contributed by atoms with van der Waals surface area (Å²) in [6, 6.07) is 19.7. The van der Waals surface area contributed by atoms with Crippen LogP contribution in [0.15, 0.2) is 53.5 Å². The molecule has 0 N–H and O–H groups in total. The van der Waals surface area contributed by atoms with Gasteiger partial charge in [0.1, 0.15) is 0 Å². The summed E-state index contributed by atoms with van der Waals surface area (Å²) in [5, 5.41) is 5.96. The molecule has 2 aromatic carbocycles. The minimum atomic E-state index is 0.460. The molecule has 0 saturated carbocycles. The fraction of sp³-hybridized carbons (Fsp3) is 0.312. The van der Waals surface area contributed by atoms with E-state index in [0.717, 1.165) is 0 Å². The average Bonchev–Trinajstić information content (AvgIpc) is 3.71. The van der Waals surface area contributed by atoms with E-state index in [-0.39, 0.29) is 0 Å². The van der Waals surface area contributed by atoms with Gasteiger partial charge in [0.25, 0.3) is 0 Å². The van der Waals surface area contributed by atoms with E-state index in [1.807, 2.05) is 22.7 Å². The molecule has 5 aromatic heterocycles. The number of unbranched alkanes of at least 4 members (excludes halogenated alkanes) is 7. The van der Waals surface area contributed by atoms with Crippen molar-refractivity contribution >= 4 is 115 Å². The molecule has 7 rings (SSSR count).